The summed E-state index contributed by atoms with van der Waals surface area (Å²) in [7, 11) is 4.25. The maximum atomic E-state index is 10.4. The number of hydrogen-bond donors (Lipinski definition) is 2. The van der Waals surface area contributed by atoms with Crippen LogP contribution >= 0.6 is 0 Å². The molecule has 1 aromatic carbocycles. The minimum Gasteiger partial charge on any atom is -0.384 e. The van der Waals surface area contributed by atoms with Crippen molar-refractivity contribution >= 4 is 28.4 Å². The molecule has 0 saturated carbocycles. The highest BCUT2D eigenvalue weighted by Gasteiger charge is 2.20. The second-order valence-corrected chi connectivity index (χ2v) is 10.8. The predicted octanol–water partition coefficient (Wildman–Crippen LogP) is 3.78. The van der Waals surface area contributed by atoms with Crippen LogP contribution in [0.15, 0.2) is 54.7 Å². The van der Waals surface area contributed by atoms with E-state index in [1.165, 1.54) is 5.69 Å². The molecule has 1 fully saturated rings. The van der Waals surface area contributed by atoms with Gasteiger partial charge in [0, 0.05) is 67.9 Å². The van der Waals surface area contributed by atoms with Gasteiger partial charge in [0.2, 0.25) is 5.95 Å². The molecule has 9 heteroatoms. The van der Waals surface area contributed by atoms with Crippen LogP contribution in [0.3, 0.4) is 0 Å². The number of anilines is 3. The SMILES string of the molecule is Cc1cc2cnc(Nc3ccc(N4CCN(CCN(C)C)CC4)cc3)nc2n1-c1cccc(C(C)(C)O)n1. The van der Waals surface area contributed by atoms with Gasteiger partial charge in [-0.1, -0.05) is 6.07 Å². The van der Waals surface area contributed by atoms with E-state index in [1.807, 2.05) is 42.0 Å². The molecule has 0 spiro atoms. The molecule has 0 bridgehead atoms. The van der Waals surface area contributed by atoms with E-state index in [0.29, 0.717) is 17.5 Å². The molecule has 1 saturated heterocycles. The summed E-state index contributed by atoms with van der Waals surface area (Å²) in [6, 6.07) is 16.2. The number of benzene rings is 1. The zero-order chi connectivity index (χ0) is 26.9. The van der Waals surface area contributed by atoms with E-state index in [2.05, 4.69) is 63.4 Å². The lowest BCUT2D eigenvalue weighted by Crippen LogP contribution is -2.48. The van der Waals surface area contributed by atoms with Crippen LogP contribution in [0.1, 0.15) is 25.2 Å². The van der Waals surface area contributed by atoms with Gasteiger partial charge in [-0.2, -0.15) is 4.98 Å². The number of pyridine rings is 1. The molecule has 38 heavy (non-hydrogen) atoms. The normalized spacial score (nSPS) is 15.0. The Bertz CT molecular complexity index is 1380. The average molecular weight is 515 g/mol. The number of nitrogens with one attached hydrogen (secondary N) is 1. The van der Waals surface area contributed by atoms with Gasteiger partial charge in [0.25, 0.3) is 0 Å². The zero-order valence-electron chi connectivity index (χ0n) is 23.0. The fraction of sp³-hybridized carbons (Fsp3) is 0.414. The Kier molecular flexibility index (Phi) is 7.34. The lowest BCUT2D eigenvalue weighted by atomic mass is 10.1. The van der Waals surface area contributed by atoms with E-state index in [-0.39, 0.29) is 0 Å². The van der Waals surface area contributed by atoms with E-state index < -0.39 is 5.60 Å². The molecule has 0 aliphatic carbocycles. The van der Waals surface area contributed by atoms with Crippen molar-refractivity contribution in [1.29, 1.82) is 0 Å². The summed E-state index contributed by atoms with van der Waals surface area (Å²) in [5.41, 5.74) is 3.53. The maximum absolute atomic E-state index is 10.4. The number of fused-ring (bicyclic) bond motifs is 1. The summed E-state index contributed by atoms with van der Waals surface area (Å²) in [5, 5.41) is 14.7. The number of likely N-dealkylation sites (N-methyl/N-ethyl adjacent to an activating group) is 1. The molecule has 0 atom stereocenters. The van der Waals surface area contributed by atoms with Crippen LogP contribution in [-0.4, -0.2) is 87.8 Å². The van der Waals surface area contributed by atoms with E-state index in [1.54, 1.807) is 13.8 Å². The Morgan fingerprint density at radius 1 is 1.00 bits per heavy atom. The van der Waals surface area contributed by atoms with Crippen molar-refractivity contribution in [3.63, 3.8) is 0 Å². The van der Waals surface area contributed by atoms with Crippen LogP contribution < -0.4 is 10.2 Å². The molecule has 4 aromatic rings. The number of nitrogens with zero attached hydrogens (tertiary/aromatic N) is 7. The highest BCUT2D eigenvalue weighted by Crippen LogP contribution is 2.26. The minimum atomic E-state index is -1.03. The monoisotopic (exact) mass is 514 g/mol. The van der Waals surface area contributed by atoms with Crippen LogP contribution in [0.2, 0.25) is 0 Å². The van der Waals surface area contributed by atoms with Gasteiger partial charge < -0.3 is 20.2 Å². The van der Waals surface area contributed by atoms with Gasteiger partial charge >= 0.3 is 0 Å². The van der Waals surface area contributed by atoms with Crippen molar-refractivity contribution in [2.75, 3.05) is 63.6 Å². The van der Waals surface area contributed by atoms with Crippen LogP contribution in [0.25, 0.3) is 16.9 Å². The lowest BCUT2D eigenvalue weighted by Gasteiger charge is -2.36. The summed E-state index contributed by atoms with van der Waals surface area (Å²) in [6.45, 7) is 12.0. The van der Waals surface area contributed by atoms with E-state index >= 15 is 0 Å². The molecule has 1 aliphatic heterocycles. The van der Waals surface area contributed by atoms with E-state index in [4.69, 9.17) is 9.97 Å². The van der Waals surface area contributed by atoms with Crippen LogP contribution in [0.4, 0.5) is 17.3 Å². The highest BCUT2D eigenvalue weighted by atomic mass is 16.3. The average Bonchev–Trinajstić information content (AvgIpc) is 3.23. The largest absolute Gasteiger partial charge is 0.384 e. The quantitative estimate of drug-likeness (QED) is 0.368. The van der Waals surface area contributed by atoms with Crippen LogP contribution in [-0.2, 0) is 5.60 Å². The van der Waals surface area contributed by atoms with Crippen molar-refractivity contribution in [2.45, 2.75) is 26.4 Å². The molecule has 0 amide bonds. The molecule has 5 rings (SSSR count). The first-order chi connectivity index (χ1) is 18.2. The minimum absolute atomic E-state index is 0.526. The van der Waals surface area contributed by atoms with Crippen molar-refractivity contribution in [2.24, 2.45) is 0 Å². The van der Waals surface area contributed by atoms with Crippen molar-refractivity contribution in [1.82, 2.24) is 29.3 Å². The summed E-state index contributed by atoms with van der Waals surface area (Å²) >= 11 is 0. The smallest absolute Gasteiger partial charge is 0.229 e. The second kappa shape index (κ2) is 10.7. The summed E-state index contributed by atoms with van der Waals surface area (Å²) in [4.78, 5) is 21.3. The Morgan fingerprint density at radius 3 is 2.42 bits per heavy atom. The van der Waals surface area contributed by atoms with Gasteiger partial charge in [-0.25, -0.2) is 9.97 Å². The number of rotatable bonds is 8. The first-order valence-corrected chi connectivity index (χ1v) is 13.2. The molecule has 1 aliphatic rings. The zero-order valence-corrected chi connectivity index (χ0v) is 23.0. The molecule has 0 unspecified atom stereocenters. The molecular formula is C29H38N8O. The highest BCUT2D eigenvalue weighted by molar-refractivity contribution is 5.80. The van der Waals surface area contributed by atoms with Gasteiger partial charge in [0.05, 0.1) is 5.69 Å². The Labute approximate surface area is 224 Å². The Balaban J connectivity index is 1.30. The van der Waals surface area contributed by atoms with Gasteiger partial charge in [0.1, 0.15) is 11.4 Å². The third-order valence-electron chi connectivity index (χ3n) is 7.04. The number of aliphatic hydroxyl groups is 1. The van der Waals surface area contributed by atoms with Crippen molar-refractivity contribution in [3.8, 4) is 5.82 Å². The van der Waals surface area contributed by atoms with Crippen molar-refractivity contribution < 1.29 is 5.11 Å². The molecule has 3 aromatic heterocycles. The molecular weight excluding hydrogens is 476 g/mol. The van der Waals surface area contributed by atoms with E-state index in [9.17, 15) is 5.11 Å². The fourth-order valence-corrected chi connectivity index (χ4v) is 4.81. The third-order valence-corrected chi connectivity index (χ3v) is 7.04. The molecule has 4 heterocycles. The van der Waals surface area contributed by atoms with Gasteiger partial charge in [-0.15, -0.1) is 0 Å². The fourth-order valence-electron chi connectivity index (χ4n) is 4.81. The number of piperazine rings is 1. The van der Waals surface area contributed by atoms with Gasteiger partial charge in [0.15, 0.2) is 5.65 Å². The maximum Gasteiger partial charge on any atom is 0.229 e. The topological polar surface area (TPSA) is 85.6 Å². The summed E-state index contributed by atoms with van der Waals surface area (Å²) in [6.07, 6.45) is 1.83. The molecule has 200 valence electrons. The number of aromatic nitrogens is 4. The Morgan fingerprint density at radius 2 is 1.74 bits per heavy atom. The summed E-state index contributed by atoms with van der Waals surface area (Å²) < 4.78 is 2.00. The Hall–Kier alpha value is -3.53. The first-order valence-electron chi connectivity index (χ1n) is 13.2. The van der Waals surface area contributed by atoms with Gasteiger partial charge in [-0.05, 0) is 77.3 Å². The van der Waals surface area contributed by atoms with E-state index in [0.717, 1.165) is 61.7 Å². The van der Waals surface area contributed by atoms with Gasteiger partial charge in [-0.3, -0.25) is 9.47 Å². The van der Waals surface area contributed by atoms with Crippen molar-refractivity contribution in [3.05, 3.63) is 66.1 Å². The number of hydrogen-bond acceptors (Lipinski definition) is 8. The van der Waals surface area contributed by atoms with Crippen LogP contribution in [0.5, 0.6) is 0 Å². The molecule has 2 N–H and O–H groups in total. The second-order valence-electron chi connectivity index (χ2n) is 10.8. The summed E-state index contributed by atoms with van der Waals surface area (Å²) in [5.74, 6) is 1.24. The third kappa shape index (κ3) is 5.80. The molecule has 9 nitrogen and oxygen atoms in total. The first kappa shape index (κ1) is 26.1. The predicted molar refractivity (Wildman–Crippen MR) is 154 cm³/mol. The number of aryl methyl sites for hydroxylation is 1. The standard InChI is InChI=1S/C29H38N8O/c1-21-19-22-20-30-28(33-27(22)37(21)26-8-6-7-25(32-26)29(2,3)38)31-23-9-11-24(12-10-23)36-17-15-35(16-18-36)14-13-34(4)5/h6-12,19-20,38H,13-18H2,1-5H3,(H,30,31,33). The van der Waals surface area contributed by atoms with Crippen LogP contribution in [0, 0.1) is 6.92 Å². The molecule has 0 radical (unpaired) electrons. The lowest BCUT2D eigenvalue weighted by molar-refractivity contribution is 0.0738.